The lowest BCUT2D eigenvalue weighted by Gasteiger charge is -2.45. The maximum Gasteiger partial charge on any atom is 0.176 e. The van der Waals surface area contributed by atoms with Crippen LogP contribution >= 0.6 is 0 Å². The summed E-state index contributed by atoms with van der Waals surface area (Å²) in [6.45, 7) is -0.0881. The van der Waals surface area contributed by atoms with E-state index in [9.17, 15) is 40.9 Å². The van der Waals surface area contributed by atoms with Crippen molar-refractivity contribution in [3.8, 4) is 0 Å². The van der Waals surface area contributed by atoms with Gasteiger partial charge in [-0.3, -0.25) is 0 Å². The van der Waals surface area contributed by atoms with Gasteiger partial charge >= 0.3 is 0 Å². The smallest absolute Gasteiger partial charge is 0.176 e. The summed E-state index contributed by atoms with van der Waals surface area (Å²) in [5, 5.41) is 79.2. The van der Waals surface area contributed by atoms with E-state index >= 15 is 0 Å². The van der Waals surface area contributed by atoms with E-state index in [1.54, 1.807) is 0 Å². The molecule has 4 fully saturated rings. The van der Waals surface area contributed by atoms with Crippen LogP contribution in [0.4, 0.5) is 0 Å². The van der Waals surface area contributed by atoms with Crippen LogP contribution in [0.15, 0.2) is 0 Å². The molecule has 0 spiro atoms. The lowest BCUT2D eigenvalue weighted by molar-refractivity contribution is -0.287. The van der Waals surface area contributed by atoms with Gasteiger partial charge in [-0.25, -0.2) is 0 Å². The van der Waals surface area contributed by atoms with E-state index < -0.39 is 122 Å². The zero-order chi connectivity index (χ0) is 33.2. The second kappa shape index (κ2) is 15.9. The van der Waals surface area contributed by atoms with Gasteiger partial charge in [-0.1, -0.05) is 0 Å². The molecule has 20 nitrogen and oxygen atoms in total. The lowest BCUT2D eigenvalue weighted by atomic mass is 9.84. The molecule has 4 aliphatic rings. The topological polar surface area (TPSA) is 407 Å². The minimum Gasteiger partial charge on any atom is -0.389 e. The summed E-state index contributed by atoms with van der Waals surface area (Å²) >= 11 is 0. The quantitative estimate of drug-likeness (QED) is 0.127. The largest absolute Gasteiger partial charge is 0.389 e. The van der Waals surface area contributed by atoms with Crippen molar-refractivity contribution >= 4 is 0 Å². The third-order valence-corrected chi connectivity index (χ3v) is 8.73. The molecule has 0 bridgehead atoms. The summed E-state index contributed by atoms with van der Waals surface area (Å²) in [7, 11) is 0. The summed E-state index contributed by atoms with van der Waals surface area (Å²) < 4.78 is 22.0. The van der Waals surface area contributed by atoms with Gasteiger partial charge in [0, 0.05) is 37.3 Å². The molecule has 0 amide bonds. The predicted molar refractivity (Wildman–Crippen MR) is 150 cm³/mol. The van der Waals surface area contributed by atoms with E-state index in [0.29, 0.717) is 0 Å². The summed E-state index contributed by atoms with van der Waals surface area (Å²) in [4.78, 5) is 0. The average molecular weight is 645 g/mol. The fraction of sp³-hybridized carbons (Fsp3) is 1.00. The van der Waals surface area contributed by atoms with E-state index in [1.807, 2.05) is 0 Å². The Kier molecular flexibility index (Phi) is 13.6. The Hall–Kier alpha value is -0.800. The van der Waals surface area contributed by atoms with E-state index in [2.05, 4.69) is 0 Å². The number of aliphatic hydroxyl groups excluding tert-OH is 8. The Bertz CT molecular complexity index is 819. The number of hydrogen-bond acceptors (Lipinski definition) is 20. The molecular weight excluding hydrogens is 592 g/mol. The third kappa shape index (κ3) is 8.00. The van der Waals surface area contributed by atoms with Crippen molar-refractivity contribution < 1.29 is 59.8 Å². The number of rotatable bonds is 6. The van der Waals surface area contributed by atoms with Crippen molar-refractivity contribution in [3.05, 3.63) is 0 Å². The fourth-order valence-corrected chi connectivity index (χ4v) is 5.79. The number of nitrogens with two attached hydrogens (primary N) is 8. The zero-order valence-corrected chi connectivity index (χ0v) is 24.2. The average Bonchev–Trinajstić information content (AvgIpc) is 2.99. The van der Waals surface area contributed by atoms with Crippen LogP contribution in [-0.2, 0) is 18.9 Å². The maximum absolute atomic E-state index is 10.1. The summed E-state index contributed by atoms with van der Waals surface area (Å²) in [5.74, 6) is 0. The molecule has 4 rings (SSSR count). The van der Waals surface area contributed by atoms with Crippen LogP contribution in [-0.4, -0.2) is 176 Å². The SMILES string of the molecule is NCC1OC(OC2C(N)CC(N)C(O)C2O)C(N)C(O)C1O.NCC1OC(OC2C(N)CC(N)C(O)C2O)C(N)C(O)C1O. The Balaban J connectivity index is 0.000000240. The molecule has 2 saturated heterocycles. The van der Waals surface area contributed by atoms with E-state index in [4.69, 9.17) is 64.8 Å². The molecule has 2 aliphatic heterocycles. The minimum absolute atomic E-state index is 0.0441. The van der Waals surface area contributed by atoms with Crippen molar-refractivity contribution in [1.29, 1.82) is 0 Å². The highest BCUT2D eigenvalue weighted by atomic mass is 16.7. The van der Waals surface area contributed by atoms with Gasteiger partial charge < -0.3 is 106 Å². The van der Waals surface area contributed by atoms with Crippen LogP contribution < -0.4 is 45.9 Å². The Morgan fingerprint density at radius 1 is 0.455 bits per heavy atom. The third-order valence-electron chi connectivity index (χ3n) is 8.73. The molecule has 2 saturated carbocycles. The Morgan fingerprint density at radius 2 is 0.773 bits per heavy atom. The Morgan fingerprint density at radius 3 is 1.07 bits per heavy atom. The van der Waals surface area contributed by atoms with Crippen molar-refractivity contribution in [3.63, 3.8) is 0 Å². The highest BCUT2D eigenvalue weighted by Gasteiger charge is 2.49. The first-order valence-electron chi connectivity index (χ1n) is 14.6. The van der Waals surface area contributed by atoms with Crippen LogP contribution in [0, 0.1) is 0 Å². The molecule has 20 unspecified atom stereocenters. The predicted octanol–water partition coefficient (Wildman–Crippen LogP) is -10.2. The standard InChI is InChI=1S/2C12H26N4O6/c2*13-2-5-8(18)9(19)6(16)12(21-5)22-11-4(15)1-3(14)7(17)10(11)20/h2*3-12,17-20H,1-2,13-16H2. The van der Waals surface area contributed by atoms with Gasteiger partial charge in [0.15, 0.2) is 12.6 Å². The lowest BCUT2D eigenvalue weighted by Crippen LogP contribution is -2.67. The molecule has 24 N–H and O–H groups in total. The van der Waals surface area contributed by atoms with Gasteiger partial charge in [0.25, 0.3) is 0 Å². The second-order valence-corrected chi connectivity index (χ2v) is 12.0. The summed E-state index contributed by atoms with van der Waals surface area (Å²) in [6, 6.07) is -4.69. The van der Waals surface area contributed by atoms with Crippen LogP contribution in [0.25, 0.3) is 0 Å². The zero-order valence-electron chi connectivity index (χ0n) is 24.2. The Labute approximate surface area is 254 Å². The molecule has 0 aromatic rings. The van der Waals surface area contributed by atoms with Crippen LogP contribution in [0.2, 0.25) is 0 Å². The summed E-state index contributed by atoms with van der Waals surface area (Å²) in [6.07, 6.45) is -15.5. The van der Waals surface area contributed by atoms with E-state index in [1.165, 1.54) is 0 Å². The second-order valence-electron chi connectivity index (χ2n) is 12.0. The first-order valence-corrected chi connectivity index (χ1v) is 14.6. The molecular formula is C24H52N8O12. The van der Waals surface area contributed by atoms with E-state index in [0.717, 1.165) is 0 Å². The van der Waals surface area contributed by atoms with Crippen molar-refractivity contribution in [2.45, 2.75) is 135 Å². The molecule has 2 aliphatic carbocycles. The fourth-order valence-electron chi connectivity index (χ4n) is 5.79. The molecule has 0 aromatic carbocycles. The van der Waals surface area contributed by atoms with Crippen molar-refractivity contribution in [2.75, 3.05) is 13.1 Å². The van der Waals surface area contributed by atoms with Gasteiger partial charge in [-0.2, -0.15) is 0 Å². The first kappa shape index (κ1) is 37.7. The molecule has 20 heteroatoms. The van der Waals surface area contributed by atoms with Gasteiger partial charge in [0.1, 0.15) is 61.0 Å². The molecule has 0 radical (unpaired) electrons. The molecule has 2 heterocycles. The van der Waals surface area contributed by atoms with Crippen molar-refractivity contribution in [2.24, 2.45) is 45.9 Å². The minimum atomic E-state index is -1.31. The molecule has 0 aromatic heterocycles. The highest BCUT2D eigenvalue weighted by molar-refractivity contribution is 5.01. The van der Waals surface area contributed by atoms with Crippen LogP contribution in [0.5, 0.6) is 0 Å². The highest BCUT2D eigenvalue weighted by Crippen LogP contribution is 2.28. The van der Waals surface area contributed by atoms with Gasteiger partial charge in [0.2, 0.25) is 0 Å². The van der Waals surface area contributed by atoms with Crippen molar-refractivity contribution in [1.82, 2.24) is 0 Å². The monoisotopic (exact) mass is 644 g/mol. The number of ether oxygens (including phenoxy) is 4. The van der Waals surface area contributed by atoms with Gasteiger partial charge in [-0.05, 0) is 12.8 Å². The maximum atomic E-state index is 10.1. The molecule has 44 heavy (non-hydrogen) atoms. The molecule has 20 atom stereocenters. The van der Waals surface area contributed by atoms with E-state index in [-0.39, 0.29) is 25.9 Å². The number of aliphatic hydroxyl groups is 8. The van der Waals surface area contributed by atoms with Gasteiger partial charge in [0.05, 0.1) is 24.3 Å². The summed E-state index contributed by atoms with van der Waals surface area (Å²) in [5.41, 5.74) is 45.7. The normalized spacial score (nSPS) is 53.5. The van der Waals surface area contributed by atoms with Crippen LogP contribution in [0.1, 0.15) is 12.8 Å². The van der Waals surface area contributed by atoms with Crippen LogP contribution in [0.3, 0.4) is 0 Å². The molecule has 260 valence electrons. The first-order chi connectivity index (χ1) is 20.5. The van der Waals surface area contributed by atoms with Gasteiger partial charge in [-0.15, -0.1) is 0 Å². The number of hydrogen-bond donors (Lipinski definition) is 16.